The van der Waals surface area contributed by atoms with Gasteiger partial charge >= 0.3 is 5.97 Å². The molecule has 0 spiro atoms. The highest BCUT2D eigenvalue weighted by atomic mass is 16.4. The maximum atomic E-state index is 10.5. The van der Waals surface area contributed by atoms with Gasteiger partial charge in [-0.15, -0.1) is 0 Å². The Kier molecular flexibility index (Phi) is 13.7. The van der Waals surface area contributed by atoms with Crippen LogP contribution in [0.15, 0.2) is 58.7 Å². The number of allylic oxidation sites excluding steroid dienone is 9. The number of carbonyl (C=O) groups is 1. The first-order valence-electron chi connectivity index (χ1n) is 14.0. The van der Waals surface area contributed by atoms with Crippen LogP contribution in [0.2, 0.25) is 0 Å². The average Bonchev–Trinajstić information content (AvgIpc) is 2.74. The normalized spacial score (nSPS) is 22.9. The molecule has 0 bridgehead atoms. The van der Waals surface area contributed by atoms with Crippen molar-refractivity contribution in [1.29, 1.82) is 0 Å². The largest absolute Gasteiger partial charge is 0.478 e. The number of rotatable bonds is 9. The molecule has 0 aromatic carbocycles. The summed E-state index contributed by atoms with van der Waals surface area (Å²) in [6.07, 6.45) is 26.7. The number of unbranched alkanes of at least 4 members (excludes halogenated alkanes) is 2. The Labute approximate surface area is 217 Å². The van der Waals surface area contributed by atoms with Crippen LogP contribution in [-0.4, -0.2) is 11.1 Å². The molecule has 0 saturated heterocycles. The van der Waals surface area contributed by atoms with Gasteiger partial charge in [0.2, 0.25) is 0 Å². The summed E-state index contributed by atoms with van der Waals surface area (Å²) in [5, 5.41) is 8.65. The zero-order chi connectivity index (χ0) is 26.5. The molecule has 0 heterocycles. The number of carboxylic acids is 1. The molecule has 1 saturated carbocycles. The zero-order valence-electron chi connectivity index (χ0n) is 24.2. The molecule has 0 radical (unpaired) electrons. The van der Waals surface area contributed by atoms with Crippen LogP contribution < -0.4 is 0 Å². The van der Waals surface area contributed by atoms with E-state index in [1.54, 1.807) is 13.0 Å². The highest BCUT2D eigenvalue weighted by molar-refractivity contribution is 5.81. The third-order valence-electron chi connectivity index (χ3n) is 8.01. The van der Waals surface area contributed by atoms with Crippen LogP contribution in [0.5, 0.6) is 0 Å². The van der Waals surface area contributed by atoms with E-state index >= 15 is 0 Å². The van der Waals surface area contributed by atoms with E-state index in [0.717, 1.165) is 17.1 Å². The van der Waals surface area contributed by atoms with Crippen LogP contribution in [-0.2, 0) is 4.79 Å². The predicted octanol–water partition coefficient (Wildman–Crippen LogP) is 10.4. The Morgan fingerprint density at radius 3 is 2.31 bits per heavy atom. The number of aliphatic carboxylic acids is 1. The van der Waals surface area contributed by atoms with Crippen molar-refractivity contribution in [2.75, 3.05) is 0 Å². The van der Waals surface area contributed by atoms with E-state index in [4.69, 9.17) is 5.11 Å². The van der Waals surface area contributed by atoms with Gasteiger partial charge in [0, 0.05) is 6.08 Å². The third-order valence-corrected chi connectivity index (χ3v) is 8.01. The Morgan fingerprint density at radius 2 is 1.71 bits per heavy atom. The number of carboxylic acid groups (broad SMARTS) is 1. The SMILES string of the molecule is CC1=C(/C=C/C(C)=C/C=C/C(C)=C/C(=O)O)C(C)(C)CCC1.CCCCCC1CCCCC1(C)C. The molecule has 2 nitrogen and oxygen atoms in total. The fraction of sp³-hybridized carbons (Fsp3) is 0.667. The van der Waals surface area contributed by atoms with Crippen LogP contribution in [0, 0.1) is 16.7 Å². The molecule has 2 aliphatic rings. The van der Waals surface area contributed by atoms with Crippen molar-refractivity contribution in [3.8, 4) is 0 Å². The van der Waals surface area contributed by atoms with Gasteiger partial charge in [0.25, 0.3) is 0 Å². The van der Waals surface area contributed by atoms with Crippen LogP contribution in [0.4, 0.5) is 0 Å². The van der Waals surface area contributed by atoms with E-state index < -0.39 is 5.97 Å². The van der Waals surface area contributed by atoms with Crippen LogP contribution in [0.3, 0.4) is 0 Å². The van der Waals surface area contributed by atoms with Crippen molar-refractivity contribution in [3.63, 3.8) is 0 Å². The van der Waals surface area contributed by atoms with Crippen molar-refractivity contribution in [3.05, 3.63) is 58.7 Å². The van der Waals surface area contributed by atoms with E-state index in [1.807, 2.05) is 12.2 Å². The molecule has 198 valence electrons. The first-order valence-corrected chi connectivity index (χ1v) is 14.0. The molecule has 35 heavy (non-hydrogen) atoms. The van der Waals surface area contributed by atoms with Gasteiger partial charge in [0.1, 0.15) is 0 Å². The van der Waals surface area contributed by atoms with Crippen LogP contribution in [0.1, 0.15) is 126 Å². The van der Waals surface area contributed by atoms with E-state index in [-0.39, 0.29) is 5.41 Å². The molecule has 2 aliphatic carbocycles. The monoisotopic (exact) mass is 482 g/mol. The molecular weight excluding hydrogens is 428 g/mol. The molecule has 0 aliphatic heterocycles. The summed E-state index contributed by atoms with van der Waals surface area (Å²) in [4.78, 5) is 10.5. The Morgan fingerprint density at radius 1 is 1.00 bits per heavy atom. The first-order chi connectivity index (χ1) is 16.4. The molecule has 0 aromatic heterocycles. The molecule has 1 fully saturated rings. The van der Waals surface area contributed by atoms with Gasteiger partial charge in [-0.3, -0.25) is 0 Å². The second-order valence-electron chi connectivity index (χ2n) is 12.2. The Bertz CT molecular complexity index is 814. The lowest BCUT2D eigenvalue weighted by Crippen LogP contribution is -2.27. The molecular formula is C33H54O2. The first kappa shape index (κ1) is 31.2. The summed E-state index contributed by atoms with van der Waals surface area (Å²) in [5.41, 5.74) is 5.74. The van der Waals surface area contributed by atoms with Crippen LogP contribution >= 0.6 is 0 Å². The van der Waals surface area contributed by atoms with Crippen molar-refractivity contribution in [2.24, 2.45) is 16.7 Å². The summed E-state index contributed by atoms with van der Waals surface area (Å²) in [6.45, 7) is 17.9. The maximum Gasteiger partial charge on any atom is 0.328 e. The summed E-state index contributed by atoms with van der Waals surface area (Å²) >= 11 is 0. The van der Waals surface area contributed by atoms with E-state index in [1.165, 1.54) is 87.9 Å². The topological polar surface area (TPSA) is 37.3 Å². The van der Waals surface area contributed by atoms with Crippen molar-refractivity contribution < 1.29 is 9.90 Å². The molecule has 0 aromatic rings. The minimum Gasteiger partial charge on any atom is -0.478 e. The molecule has 1 atom stereocenters. The van der Waals surface area contributed by atoms with Crippen molar-refractivity contribution in [1.82, 2.24) is 0 Å². The lowest BCUT2D eigenvalue weighted by atomic mass is 9.67. The molecule has 1 unspecified atom stereocenters. The summed E-state index contributed by atoms with van der Waals surface area (Å²) in [6, 6.07) is 0. The quantitative estimate of drug-likeness (QED) is 0.201. The van der Waals surface area contributed by atoms with Crippen molar-refractivity contribution in [2.45, 2.75) is 126 Å². The molecule has 1 N–H and O–H groups in total. The molecule has 2 heteroatoms. The Balaban J connectivity index is 0.000000400. The van der Waals surface area contributed by atoms with Gasteiger partial charge in [-0.1, -0.05) is 108 Å². The van der Waals surface area contributed by atoms with Gasteiger partial charge in [0.05, 0.1) is 0 Å². The van der Waals surface area contributed by atoms with Crippen molar-refractivity contribution >= 4 is 5.97 Å². The smallest absolute Gasteiger partial charge is 0.328 e. The average molecular weight is 483 g/mol. The van der Waals surface area contributed by atoms with Gasteiger partial charge in [-0.05, 0) is 87.2 Å². The number of hydrogen-bond donors (Lipinski definition) is 1. The maximum absolute atomic E-state index is 10.5. The van der Waals surface area contributed by atoms with Gasteiger partial charge < -0.3 is 5.11 Å². The lowest BCUT2D eigenvalue weighted by Gasteiger charge is -2.38. The van der Waals surface area contributed by atoms with E-state index in [2.05, 4.69) is 60.6 Å². The van der Waals surface area contributed by atoms with Crippen LogP contribution in [0.25, 0.3) is 0 Å². The summed E-state index contributed by atoms with van der Waals surface area (Å²) in [5.74, 6) is 0.109. The number of hydrogen-bond acceptors (Lipinski definition) is 1. The minimum atomic E-state index is -0.912. The highest BCUT2D eigenvalue weighted by Gasteiger charge is 2.31. The highest BCUT2D eigenvalue weighted by Crippen LogP contribution is 2.43. The van der Waals surface area contributed by atoms with Gasteiger partial charge in [-0.25, -0.2) is 4.79 Å². The standard InChI is InChI=1S/C20H28O2.C13H26/c1-15(8-6-9-16(2)14-19(21)22)11-12-18-17(3)10-7-13-20(18,4)5;1-4-5-6-9-12-10-7-8-11-13(12,2)3/h6,8-9,11-12,14H,7,10,13H2,1-5H3,(H,21,22);12H,4-11H2,1-3H3/b9-6+,12-11+,15-8+,16-14+;. The molecule has 2 rings (SSSR count). The van der Waals surface area contributed by atoms with Gasteiger partial charge in [-0.2, -0.15) is 0 Å². The second-order valence-corrected chi connectivity index (χ2v) is 12.2. The fourth-order valence-electron chi connectivity index (χ4n) is 5.62. The minimum absolute atomic E-state index is 0.260. The fourth-order valence-corrected chi connectivity index (χ4v) is 5.62. The third kappa shape index (κ3) is 12.1. The van der Waals surface area contributed by atoms with E-state index in [0.29, 0.717) is 5.41 Å². The predicted molar refractivity (Wildman–Crippen MR) is 154 cm³/mol. The molecule has 0 amide bonds. The summed E-state index contributed by atoms with van der Waals surface area (Å²) in [7, 11) is 0. The van der Waals surface area contributed by atoms with E-state index in [9.17, 15) is 4.79 Å². The van der Waals surface area contributed by atoms with Gasteiger partial charge in [0.15, 0.2) is 0 Å². The zero-order valence-corrected chi connectivity index (χ0v) is 24.2. The Hall–Kier alpha value is -1.83. The summed E-state index contributed by atoms with van der Waals surface area (Å²) < 4.78 is 0. The second kappa shape index (κ2) is 15.3. The lowest BCUT2D eigenvalue weighted by molar-refractivity contribution is -0.131.